The summed E-state index contributed by atoms with van der Waals surface area (Å²) in [6.07, 6.45) is 0.359. The van der Waals surface area contributed by atoms with Gasteiger partial charge in [0.2, 0.25) is 6.23 Å². The summed E-state index contributed by atoms with van der Waals surface area (Å²) in [5.41, 5.74) is 6.01. The van der Waals surface area contributed by atoms with Crippen molar-refractivity contribution in [1.29, 1.82) is 0 Å². The Bertz CT molecular complexity index is 1590. The number of nitrogens with zero attached hydrogens (tertiary/aromatic N) is 3. The van der Waals surface area contributed by atoms with Gasteiger partial charge in [-0.3, -0.25) is 0 Å². The summed E-state index contributed by atoms with van der Waals surface area (Å²) in [6, 6.07) is 32.6. The quantitative estimate of drug-likeness (QED) is 0.289. The second kappa shape index (κ2) is 8.27. The van der Waals surface area contributed by atoms with Crippen LogP contribution in [0.2, 0.25) is 0 Å². The fourth-order valence-electron chi connectivity index (χ4n) is 5.18. The highest BCUT2D eigenvalue weighted by molar-refractivity contribution is 6.02. The van der Waals surface area contributed by atoms with E-state index in [-0.39, 0.29) is 6.04 Å². The molecule has 7 rings (SSSR count). The number of hydrazone groups is 1. The maximum Gasteiger partial charge on any atom is 0.214 e. The Kier molecular flexibility index (Phi) is 4.77. The topological polar surface area (TPSA) is 60.1 Å². The van der Waals surface area contributed by atoms with E-state index in [0.717, 1.165) is 62.5 Å². The van der Waals surface area contributed by atoms with Gasteiger partial charge in [-0.2, -0.15) is 5.10 Å². The third kappa shape index (κ3) is 3.26. The number of benzene rings is 4. The molecule has 4 aromatic carbocycles. The van der Waals surface area contributed by atoms with E-state index in [0.29, 0.717) is 0 Å². The summed E-state index contributed by atoms with van der Waals surface area (Å²) in [4.78, 5) is 0. The third-order valence-corrected chi connectivity index (χ3v) is 6.93. The van der Waals surface area contributed by atoms with Crippen LogP contribution in [-0.2, 0) is 0 Å². The molecular formula is C30H23N3O3. The first-order chi connectivity index (χ1) is 17.8. The lowest BCUT2D eigenvalue weighted by atomic mass is 9.95. The number of aromatic nitrogens is 1. The first kappa shape index (κ1) is 20.8. The molecule has 36 heavy (non-hydrogen) atoms. The zero-order valence-electron chi connectivity index (χ0n) is 19.7. The Balaban J connectivity index is 1.37. The Morgan fingerprint density at radius 3 is 2.42 bits per heavy atom. The number of methoxy groups -OCH3 is 1. The van der Waals surface area contributed by atoms with Gasteiger partial charge in [-0.25, -0.2) is 5.01 Å². The highest BCUT2D eigenvalue weighted by Gasteiger charge is 2.42. The molecule has 5 aromatic rings. The van der Waals surface area contributed by atoms with Crippen LogP contribution in [0.3, 0.4) is 0 Å². The highest BCUT2D eigenvalue weighted by Crippen LogP contribution is 2.51. The van der Waals surface area contributed by atoms with E-state index in [9.17, 15) is 0 Å². The third-order valence-electron chi connectivity index (χ3n) is 6.93. The zero-order chi connectivity index (χ0) is 24.1. The van der Waals surface area contributed by atoms with Crippen molar-refractivity contribution in [2.75, 3.05) is 7.11 Å². The van der Waals surface area contributed by atoms with Gasteiger partial charge in [0.25, 0.3) is 0 Å². The highest BCUT2D eigenvalue weighted by atomic mass is 16.5. The van der Waals surface area contributed by atoms with Gasteiger partial charge >= 0.3 is 0 Å². The molecule has 0 bridgehead atoms. The number of rotatable bonds is 4. The summed E-state index contributed by atoms with van der Waals surface area (Å²) >= 11 is 0. The first-order valence-electron chi connectivity index (χ1n) is 12.0. The van der Waals surface area contributed by atoms with Crippen molar-refractivity contribution in [1.82, 2.24) is 10.2 Å². The molecule has 2 aliphatic heterocycles. The van der Waals surface area contributed by atoms with Gasteiger partial charge in [0.15, 0.2) is 17.3 Å². The molecule has 6 heteroatoms. The van der Waals surface area contributed by atoms with Crippen molar-refractivity contribution in [3.05, 3.63) is 114 Å². The average Bonchev–Trinajstić information content (AvgIpc) is 3.58. The monoisotopic (exact) mass is 473 g/mol. The van der Waals surface area contributed by atoms with Gasteiger partial charge in [0.05, 0.1) is 24.2 Å². The molecule has 0 saturated carbocycles. The van der Waals surface area contributed by atoms with Crippen LogP contribution >= 0.6 is 0 Å². The fourth-order valence-corrected chi connectivity index (χ4v) is 5.18. The minimum atomic E-state index is -0.428. The molecule has 1 aromatic heterocycles. The minimum Gasteiger partial charge on any atom is -0.493 e. The molecule has 0 spiro atoms. The Hall–Kier alpha value is -4.58. The van der Waals surface area contributed by atoms with Crippen LogP contribution in [0.5, 0.6) is 11.5 Å². The van der Waals surface area contributed by atoms with Crippen LogP contribution in [0.25, 0.3) is 22.2 Å². The first-order valence-corrected chi connectivity index (χ1v) is 12.0. The predicted octanol–water partition coefficient (Wildman–Crippen LogP) is 6.75. The summed E-state index contributed by atoms with van der Waals surface area (Å²) in [7, 11) is 1.68. The number of hydrogen-bond donors (Lipinski definition) is 0. The van der Waals surface area contributed by atoms with Gasteiger partial charge in [-0.1, -0.05) is 84.0 Å². The van der Waals surface area contributed by atoms with Gasteiger partial charge in [0, 0.05) is 23.1 Å². The molecule has 0 radical (unpaired) electrons. The maximum atomic E-state index is 6.65. The summed E-state index contributed by atoms with van der Waals surface area (Å²) in [5.74, 6) is 2.23. The van der Waals surface area contributed by atoms with E-state index in [2.05, 4.69) is 34.4 Å². The molecule has 2 aliphatic rings. The average molecular weight is 474 g/mol. The Labute approximate surface area is 208 Å². The van der Waals surface area contributed by atoms with Crippen LogP contribution in [0.4, 0.5) is 0 Å². The molecule has 2 atom stereocenters. The van der Waals surface area contributed by atoms with Crippen molar-refractivity contribution in [3.63, 3.8) is 0 Å². The molecule has 3 heterocycles. The molecule has 0 amide bonds. The van der Waals surface area contributed by atoms with E-state index in [1.807, 2.05) is 72.8 Å². The van der Waals surface area contributed by atoms with Gasteiger partial charge in [0.1, 0.15) is 5.52 Å². The fraction of sp³-hybridized carbons (Fsp3) is 0.133. The Morgan fingerprint density at radius 1 is 0.861 bits per heavy atom. The molecule has 0 N–H and O–H groups in total. The second-order valence-corrected chi connectivity index (χ2v) is 9.02. The van der Waals surface area contributed by atoms with E-state index >= 15 is 0 Å². The number of fused-ring (bicyclic) bond motifs is 4. The van der Waals surface area contributed by atoms with Crippen molar-refractivity contribution in [2.45, 2.75) is 18.7 Å². The van der Waals surface area contributed by atoms with Crippen LogP contribution in [0, 0.1) is 0 Å². The van der Waals surface area contributed by atoms with Crippen molar-refractivity contribution >= 4 is 16.6 Å². The largest absolute Gasteiger partial charge is 0.493 e. The molecule has 0 aliphatic carbocycles. The predicted molar refractivity (Wildman–Crippen MR) is 138 cm³/mol. The van der Waals surface area contributed by atoms with E-state index in [4.69, 9.17) is 19.1 Å². The van der Waals surface area contributed by atoms with Gasteiger partial charge < -0.3 is 14.0 Å². The zero-order valence-corrected chi connectivity index (χ0v) is 19.7. The number of ether oxygens (including phenoxy) is 2. The molecule has 176 valence electrons. The molecule has 0 fully saturated rings. The van der Waals surface area contributed by atoms with E-state index < -0.39 is 6.23 Å². The lowest BCUT2D eigenvalue weighted by molar-refractivity contribution is -0.0208. The maximum absolute atomic E-state index is 6.65. The normalized spacial score (nSPS) is 18.4. The number of para-hydroxylation sites is 1. The standard InChI is InChI=1S/C30H23N3O3/c1-34-27-14-8-13-22-26-18-25(19-9-4-2-5-10-19)31-33(26)30(35-29(22)27)21-15-16-24-23(17-21)28(36-32-24)20-11-6-3-7-12-20/h2-17,26,30H,18H2,1H3/t26-,30+/m1/s1. The van der Waals surface area contributed by atoms with Crippen LogP contribution in [0.15, 0.2) is 107 Å². The summed E-state index contributed by atoms with van der Waals surface area (Å²) in [5, 5.41) is 12.4. The lowest BCUT2D eigenvalue weighted by Gasteiger charge is -2.38. The van der Waals surface area contributed by atoms with Crippen LogP contribution in [-0.4, -0.2) is 23.0 Å². The van der Waals surface area contributed by atoms with E-state index in [1.165, 1.54) is 0 Å². The van der Waals surface area contributed by atoms with Crippen LogP contribution < -0.4 is 9.47 Å². The molecular weight excluding hydrogens is 450 g/mol. The smallest absolute Gasteiger partial charge is 0.214 e. The number of hydrogen-bond acceptors (Lipinski definition) is 6. The SMILES string of the molecule is COc1cccc2c1O[C@@H](c1ccc3noc(-c4ccccc4)c3c1)N1N=C(c3ccccc3)C[C@H]21. The van der Waals surface area contributed by atoms with Crippen LogP contribution in [0.1, 0.15) is 35.4 Å². The summed E-state index contributed by atoms with van der Waals surface area (Å²) < 4.78 is 18.1. The second-order valence-electron chi connectivity index (χ2n) is 9.02. The molecule has 6 nitrogen and oxygen atoms in total. The van der Waals surface area contributed by atoms with Gasteiger partial charge in [-0.05, 0) is 23.8 Å². The van der Waals surface area contributed by atoms with Gasteiger partial charge in [-0.15, -0.1) is 0 Å². The Morgan fingerprint density at radius 2 is 1.64 bits per heavy atom. The van der Waals surface area contributed by atoms with Crippen molar-refractivity contribution in [3.8, 4) is 22.8 Å². The summed E-state index contributed by atoms with van der Waals surface area (Å²) in [6.45, 7) is 0. The molecule has 0 unspecified atom stereocenters. The minimum absolute atomic E-state index is 0.0378. The lowest BCUT2D eigenvalue weighted by Crippen LogP contribution is -2.33. The van der Waals surface area contributed by atoms with E-state index in [1.54, 1.807) is 7.11 Å². The van der Waals surface area contributed by atoms with Crippen molar-refractivity contribution < 1.29 is 14.0 Å². The van der Waals surface area contributed by atoms with Crippen molar-refractivity contribution in [2.24, 2.45) is 5.10 Å². The molecule has 0 saturated heterocycles.